The summed E-state index contributed by atoms with van der Waals surface area (Å²) >= 11 is 0. The third-order valence-corrected chi connectivity index (χ3v) is 2.24. The van der Waals surface area contributed by atoms with Crippen molar-refractivity contribution in [2.75, 3.05) is 14.2 Å². The lowest BCUT2D eigenvalue weighted by atomic mass is 10.1. The van der Waals surface area contributed by atoms with Crippen LogP contribution in [-0.4, -0.2) is 30.4 Å². The van der Waals surface area contributed by atoms with Gasteiger partial charge in [0.1, 0.15) is 0 Å². The summed E-state index contributed by atoms with van der Waals surface area (Å²) in [5.41, 5.74) is 0.600. The second-order valence-electron chi connectivity index (χ2n) is 3.25. The minimum absolute atomic E-state index is 0.0528. The molecule has 5 nitrogen and oxygen atoms in total. The minimum Gasteiger partial charge on any atom is -0.504 e. The van der Waals surface area contributed by atoms with E-state index in [1.54, 1.807) is 6.07 Å². The molecule has 0 aromatic heterocycles. The van der Waals surface area contributed by atoms with Crippen LogP contribution in [0.3, 0.4) is 0 Å². The summed E-state index contributed by atoms with van der Waals surface area (Å²) < 4.78 is 9.64. The molecule has 0 heterocycles. The summed E-state index contributed by atoms with van der Waals surface area (Å²) in [6.07, 6.45) is -0.448. The Bertz CT molecular complexity index is 375. The van der Waals surface area contributed by atoms with E-state index in [0.717, 1.165) is 0 Å². The van der Waals surface area contributed by atoms with E-state index in [0.29, 0.717) is 5.56 Å². The second kappa shape index (κ2) is 5.37. The molecule has 2 N–H and O–H groups in total. The van der Waals surface area contributed by atoms with Gasteiger partial charge in [-0.2, -0.15) is 0 Å². The molecule has 0 fully saturated rings. The third-order valence-electron chi connectivity index (χ3n) is 2.24. The number of phenolic OH excluding ortho intramolecular Hbond substituents is 2. The van der Waals surface area contributed by atoms with E-state index in [1.807, 2.05) is 0 Å². The number of ether oxygens (including phenoxy) is 2. The van der Waals surface area contributed by atoms with Gasteiger partial charge in [-0.15, -0.1) is 0 Å². The maximum Gasteiger partial charge on any atom is 0.308 e. The summed E-state index contributed by atoms with van der Waals surface area (Å²) in [6, 6.07) is 4.27. The van der Waals surface area contributed by atoms with E-state index in [1.165, 1.54) is 26.4 Å². The number of aromatic hydroxyl groups is 2. The molecule has 1 unspecified atom stereocenters. The van der Waals surface area contributed by atoms with Crippen LogP contribution in [0.1, 0.15) is 18.1 Å². The van der Waals surface area contributed by atoms with Crippen molar-refractivity contribution in [2.45, 2.75) is 12.5 Å². The fourth-order valence-corrected chi connectivity index (χ4v) is 1.31. The lowest BCUT2D eigenvalue weighted by Crippen LogP contribution is -2.10. The Morgan fingerprint density at radius 2 is 2.00 bits per heavy atom. The highest BCUT2D eigenvalue weighted by Gasteiger charge is 2.17. The van der Waals surface area contributed by atoms with Crippen LogP contribution < -0.4 is 0 Å². The van der Waals surface area contributed by atoms with Gasteiger partial charge in [0.05, 0.1) is 19.6 Å². The van der Waals surface area contributed by atoms with Crippen LogP contribution in [0.5, 0.6) is 11.5 Å². The van der Waals surface area contributed by atoms with E-state index >= 15 is 0 Å². The summed E-state index contributed by atoms with van der Waals surface area (Å²) in [5, 5.41) is 18.5. The van der Waals surface area contributed by atoms with Crippen LogP contribution in [-0.2, 0) is 14.3 Å². The van der Waals surface area contributed by atoms with Gasteiger partial charge in [-0.25, -0.2) is 0 Å². The number of rotatable bonds is 4. The first-order chi connectivity index (χ1) is 7.58. The molecule has 0 amide bonds. The van der Waals surface area contributed by atoms with Gasteiger partial charge in [-0.05, 0) is 17.7 Å². The number of esters is 1. The van der Waals surface area contributed by atoms with Crippen molar-refractivity contribution in [2.24, 2.45) is 0 Å². The SMILES string of the molecule is COC(=O)CC(OC)c1ccc(O)c(O)c1. The van der Waals surface area contributed by atoms with Crippen molar-refractivity contribution in [1.82, 2.24) is 0 Å². The molecule has 0 saturated heterocycles. The Morgan fingerprint density at radius 3 is 2.50 bits per heavy atom. The molecule has 1 aromatic carbocycles. The van der Waals surface area contributed by atoms with E-state index in [-0.39, 0.29) is 17.9 Å². The van der Waals surface area contributed by atoms with Crippen LogP contribution in [0.25, 0.3) is 0 Å². The molecular weight excluding hydrogens is 212 g/mol. The standard InChI is InChI=1S/C11H14O5/c1-15-10(6-11(14)16-2)7-3-4-8(12)9(13)5-7/h3-5,10,12-13H,6H2,1-2H3. The van der Waals surface area contributed by atoms with Gasteiger partial charge in [0.25, 0.3) is 0 Å². The molecule has 0 aliphatic carbocycles. The number of hydrogen-bond donors (Lipinski definition) is 2. The quantitative estimate of drug-likeness (QED) is 0.598. The van der Waals surface area contributed by atoms with Gasteiger partial charge in [0.2, 0.25) is 0 Å². The van der Waals surface area contributed by atoms with Gasteiger partial charge in [-0.3, -0.25) is 4.79 Å². The Labute approximate surface area is 93.2 Å². The van der Waals surface area contributed by atoms with Gasteiger partial charge in [0.15, 0.2) is 11.5 Å². The van der Waals surface area contributed by atoms with Gasteiger partial charge >= 0.3 is 5.97 Å². The van der Waals surface area contributed by atoms with Crippen LogP contribution in [0.2, 0.25) is 0 Å². The van der Waals surface area contributed by atoms with Crippen molar-refractivity contribution in [3.63, 3.8) is 0 Å². The van der Waals surface area contributed by atoms with Crippen molar-refractivity contribution >= 4 is 5.97 Å². The number of benzene rings is 1. The molecule has 88 valence electrons. The third kappa shape index (κ3) is 2.87. The average Bonchev–Trinajstić information content (AvgIpc) is 2.29. The summed E-state index contributed by atoms with van der Waals surface area (Å²) in [7, 11) is 2.75. The minimum atomic E-state index is -0.501. The number of carbonyl (C=O) groups excluding carboxylic acids is 1. The zero-order chi connectivity index (χ0) is 12.1. The lowest BCUT2D eigenvalue weighted by Gasteiger charge is -2.14. The average molecular weight is 226 g/mol. The Morgan fingerprint density at radius 1 is 1.31 bits per heavy atom. The largest absolute Gasteiger partial charge is 0.504 e. The maximum absolute atomic E-state index is 11.1. The molecule has 1 rings (SSSR count). The summed E-state index contributed by atoms with van der Waals surface area (Å²) in [5.74, 6) is -0.861. The fourth-order valence-electron chi connectivity index (χ4n) is 1.31. The molecule has 0 aliphatic heterocycles. The topological polar surface area (TPSA) is 76.0 Å². The Hall–Kier alpha value is -1.75. The van der Waals surface area contributed by atoms with Crippen molar-refractivity contribution in [3.8, 4) is 11.5 Å². The zero-order valence-corrected chi connectivity index (χ0v) is 9.14. The van der Waals surface area contributed by atoms with Crippen LogP contribution in [0.15, 0.2) is 18.2 Å². The molecule has 0 spiro atoms. The fraction of sp³-hybridized carbons (Fsp3) is 0.364. The maximum atomic E-state index is 11.1. The molecule has 1 atom stereocenters. The van der Waals surface area contributed by atoms with Gasteiger partial charge in [0, 0.05) is 7.11 Å². The zero-order valence-electron chi connectivity index (χ0n) is 9.14. The van der Waals surface area contributed by atoms with E-state index in [4.69, 9.17) is 9.84 Å². The highest BCUT2D eigenvalue weighted by molar-refractivity contribution is 5.70. The number of phenols is 2. The summed E-state index contributed by atoms with van der Waals surface area (Å²) in [6.45, 7) is 0. The normalized spacial score (nSPS) is 12.1. The molecular formula is C11H14O5. The van der Waals surface area contributed by atoms with Crippen LogP contribution >= 0.6 is 0 Å². The number of methoxy groups -OCH3 is 2. The van der Waals surface area contributed by atoms with Crippen LogP contribution in [0.4, 0.5) is 0 Å². The van der Waals surface area contributed by atoms with Crippen LogP contribution in [0, 0.1) is 0 Å². The molecule has 16 heavy (non-hydrogen) atoms. The predicted octanol–water partition coefficient (Wildman–Crippen LogP) is 1.35. The monoisotopic (exact) mass is 226 g/mol. The molecule has 5 heteroatoms. The first-order valence-corrected chi connectivity index (χ1v) is 4.70. The molecule has 0 radical (unpaired) electrons. The molecule has 0 saturated carbocycles. The second-order valence-corrected chi connectivity index (χ2v) is 3.25. The van der Waals surface area contributed by atoms with E-state index in [9.17, 15) is 9.90 Å². The Balaban J connectivity index is 2.86. The van der Waals surface area contributed by atoms with E-state index in [2.05, 4.69) is 4.74 Å². The molecule has 0 bridgehead atoms. The number of hydrogen-bond acceptors (Lipinski definition) is 5. The first kappa shape index (κ1) is 12.3. The predicted molar refractivity (Wildman–Crippen MR) is 56.2 cm³/mol. The molecule has 0 aliphatic rings. The highest BCUT2D eigenvalue weighted by atomic mass is 16.5. The highest BCUT2D eigenvalue weighted by Crippen LogP contribution is 2.30. The lowest BCUT2D eigenvalue weighted by molar-refractivity contribution is -0.143. The van der Waals surface area contributed by atoms with Crippen molar-refractivity contribution in [3.05, 3.63) is 23.8 Å². The van der Waals surface area contributed by atoms with Gasteiger partial charge in [-0.1, -0.05) is 6.07 Å². The number of carbonyl (C=O) groups is 1. The van der Waals surface area contributed by atoms with Crippen molar-refractivity contribution in [1.29, 1.82) is 0 Å². The molecule has 1 aromatic rings. The van der Waals surface area contributed by atoms with Gasteiger partial charge < -0.3 is 19.7 Å². The van der Waals surface area contributed by atoms with Crippen molar-refractivity contribution < 1.29 is 24.5 Å². The summed E-state index contributed by atoms with van der Waals surface area (Å²) in [4.78, 5) is 11.1. The first-order valence-electron chi connectivity index (χ1n) is 4.70. The Kier molecular flexibility index (Phi) is 4.13. The van der Waals surface area contributed by atoms with E-state index < -0.39 is 12.1 Å². The smallest absolute Gasteiger partial charge is 0.308 e.